The van der Waals surface area contributed by atoms with Crippen LogP contribution in [0.1, 0.15) is 36.9 Å². The molecule has 0 aliphatic carbocycles. The maximum Gasteiger partial charge on any atom is 0.263 e. The molecule has 1 aromatic heterocycles. The molecule has 2 aromatic rings. The quantitative estimate of drug-likeness (QED) is 0.638. The molecule has 9 heteroatoms. The Morgan fingerprint density at radius 3 is 2.56 bits per heavy atom. The molecule has 0 N–H and O–H groups in total. The first-order valence-corrected chi connectivity index (χ1v) is 10.9. The number of carbonyl (C=O) groups is 1. The van der Waals surface area contributed by atoms with Crippen LogP contribution in [0.2, 0.25) is 10.0 Å². The lowest BCUT2D eigenvalue weighted by Crippen LogP contribution is -2.41. The average Bonchev–Trinajstić information content (AvgIpc) is 3.19. The summed E-state index contributed by atoms with van der Waals surface area (Å²) in [4.78, 5) is 16.7. The van der Waals surface area contributed by atoms with Crippen LogP contribution in [0.3, 0.4) is 0 Å². The van der Waals surface area contributed by atoms with Crippen molar-refractivity contribution in [1.82, 2.24) is 9.29 Å². The maximum absolute atomic E-state index is 12.8. The fourth-order valence-electron chi connectivity index (χ4n) is 3.54. The number of sulfonamides is 1. The van der Waals surface area contributed by atoms with Crippen LogP contribution < -0.4 is 0 Å². The maximum atomic E-state index is 12.8. The van der Waals surface area contributed by atoms with Gasteiger partial charge in [-0.1, -0.05) is 30.1 Å². The van der Waals surface area contributed by atoms with E-state index in [9.17, 15) is 13.2 Å². The van der Waals surface area contributed by atoms with E-state index in [0.717, 1.165) is 0 Å². The van der Waals surface area contributed by atoms with E-state index in [1.54, 1.807) is 0 Å². The Morgan fingerprint density at radius 1 is 1.30 bits per heavy atom. The van der Waals surface area contributed by atoms with Gasteiger partial charge >= 0.3 is 0 Å². The second-order valence-electron chi connectivity index (χ2n) is 6.53. The van der Waals surface area contributed by atoms with E-state index in [1.165, 1.54) is 35.0 Å². The van der Waals surface area contributed by atoms with E-state index in [2.05, 4.69) is 4.98 Å². The van der Waals surface area contributed by atoms with Gasteiger partial charge in [0.15, 0.2) is 0 Å². The van der Waals surface area contributed by atoms with Gasteiger partial charge in [0.1, 0.15) is 6.26 Å². The number of oxazole rings is 1. The van der Waals surface area contributed by atoms with Crippen molar-refractivity contribution in [3.63, 3.8) is 0 Å². The Hall–Kier alpha value is -1.41. The van der Waals surface area contributed by atoms with Crippen molar-refractivity contribution in [2.24, 2.45) is 11.8 Å². The number of piperidine rings is 1. The number of benzene rings is 1. The topological polar surface area (TPSA) is 80.5 Å². The van der Waals surface area contributed by atoms with Gasteiger partial charge in [-0.05, 0) is 43.4 Å². The predicted octanol–water partition coefficient (Wildman–Crippen LogP) is 4.29. The number of nitrogens with zero attached hydrogens (tertiary/aromatic N) is 2. The molecule has 146 valence electrons. The Labute approximate surface area is 168 Å². The molecule has 6 nitrogen and oxygen atoms in total. The summed E-state index contributed by atoms with van der Waals surface area (Å²) in [5.41, 5.74) is 0. The van der Waals surface area contributed by atoms with Crippen LogP contribution in [0, 0.1) is 11.8 Å². The SMILES string of the molecule is CCC(C(=O)c1ncco1)C1CCN(S(=O)(=O)c2ccc(Cl)c(Cl)c2)CC1. The number of ketones is 1. The molecule has 2 heterocycles. The standard InChI is InChI=1S/C18H20Cl2N2O4S/c1-2-14(17(23)18-21-7-10-26-18)12-5-8-22(9-6-12)27(24,25)13-3-4-15(19)16(20)11-13/h3-4,7,10-12,14H,2,5-6,8-9H2,1H3. The van der Waals surface area contributed by atoms with Crippen LogP contribution in [-0.4, -0.2) is 36.6 Å². The monoisotopic (exact) mass is 430 g/mol. The minimum absolute atomic E-state index is 0.0923. The minimum atomic E-state index is -3.65. The zero-order chi connectivity index (χ0) is 19.6. The van der Waals surface area contributed by atoms with Crippen molar-refractivity contribution in [1.29, 1.82) is 0 Å². The number of carbonyl (C=O) groups excluding carboxylic acids is 1. The average molecular weight is 431 g/mol. The lowest BCUT2D eigenvalue weighted by atomic mass is 9.80. The van der Waals surface area contributed by atoms with Gasteiger partial charge in [-0.3, -0.25) is 4.79 Å². The van der Waals surface area contributed by atoms with E-state index in [0.29, 0.717) is 37.4 Å². The van der Waals surface area contributed by atoms with Gasteiger partial charge in [-0.25, -0.2) is 13.4 Å². The Morgan fingerprint density at radius 2 is 2.00 bits per heavy atom. The summed E-state index contributed by atoms with van der Waals surface area (Å²) in [6.07, 6.45) is 4.70. The Bertz CT molecular complexity index is 907. The van der Waals surface area contributed by atoms with Crippen LogP contribution in [-0.2, 0) is 10.0 Å². The molecule has 0 saturated carbocycles. The number of aromatic nitrogens is 1. The predicted molar refractivity (Wildman–Crippen MR) is 103 cm³/mol. The minimum Gasteiger partial charge on any atom is -0.442 e. The van der Waals surface area contributed by atoms with Gasteiger partial charge in [-0.15, -0.1) is 0 Å². The summed E-state index contributed by atoms with van der Waals surface area (Å²) in [7, 11) is -3.65. The number of Topliss-reactive ketones (excluding diaryl/α,β-unsaturated/α-hetero) is 1. The first kappa shape index (κ1) is 20.3. The van der Waals surface area contributed by atoms with Crippen molar-refractivity contribution < 1.29 is 17.6 Å². The van der Waals surface area contributed by atoms with Gasteiger partial charge in [-0.2, -0.15) is 4.31 Å². The van der Waals surface area contributed by atoms with E-state index < -0.39 is 10.0 Å². The van der Waals surface area contributed by atoms with Gasteiger partial charge in [0.25, 0.3) is 5.89 Å². The Kier molecular flexibility index (Phi) is 6.25. The number of hydrogen-bond donors (Lipinski definition) is 0. The van der Waals surface area contributed by atoms with Crippen LogP contribution in [0.25, 0.3) is 0 Å². The highest BCUT2D eigenvalue weighted by Crippen LogP contribution is 2.33. The summed E-state index contributed by atoms with van der Waals surface area (Å²) in [5, 5.41) is 0.514. The van der Waals surface area contributed by atoms with Gasteiger partial charge in [0.2, 0.25) is 15.8 Å². The first-order chi connectivity index (χ1) is 12.8. The molecule has 1 aromatic carbocycles. The van der Waals surface area contributed by atoms with E-state index in [1.807, 2.05) is 6.92 Å². The molecule has 0 bridgehead atoms. The summed E-state index contributed by atoms with van der Waals surface area (Å²) in [6, 6.07) is 4.30. The molecule has 1 fully saturated rings. The van der Waals surface area contributed by atoms with E-state index >= 15 is 0 Å². The third-order valence-electron chi connectivity index (χ3n) is 5.02. The molecule has 1 aliphatic heterocycles. The Balaban J connectivity index is 1.70. The highest BCUT2D eigenvalue weighted by molar-refractivity contribution is 7.89. The molecular weight excluding hydrogens is 411 g/mol. The third kappa shape index (κ3) is 4.21. The largest absolute Gasteiger partial charge is 0.442 e. The molecule has 1 unspecified atom stereocenters. The molecule has 0 radical (unpaired) electrons. The summed E-state index contributed by atoms with van der Waals surface area (Å²) >= 11 is 11.8. The molecular formula is C18H20Cl2N2O4S. The molecule has 0 spiro atoms. The van der Waals surface area contributed by atoms with Crippen LogP contribution in [0.4, 0.5) is 0 Å². The van der Waals surface area contributed by atoms with Gasteiger partial charge in [0.05, 0.1) is 21.1 Å². The third-order valence-corrected chi connectivity index (χ3v) is 7.65. The summed E-state index contributed by atoms with van der Waals surface area (Å²) in [6.45, 7) is 2.65. The fraction of sp³-hybridized carbons (Fsp3) is 0.444. The van der Waals surface area contributed by atoms with Crippen LogP contribution in [0.15, 0.2) is 40.0 Å². The lowest BCUT2D eigenvalue weighted by molar-refractivity contribution is 0.0791. The lowest BCUT2D eigenvalue weighted by Gasteiger charge is -2.34. The van der Waals surface area contributed by atoms with Crippen molar-refractivity contribution in [3.05, 3.63) is 46.6 Å². The molecule has 1 aliphatic rings. The van der Waals surface area contributed by atoms with Crippen molar-refractivity contribution >= 4 is 39.0 Å². The second kappa shape index (κ2) is 8.31. The van der Waals surface area contributed by atoms with Crippen molar-refractivity contribution in [2.75, 3.05) is 13.1 Å². The van der Waals surface area contributed by atoms with Crippen molar-refractivity contribution in [2.45, 2.75) is 31.1 Å². The van der Waals surface area contributed by atoms with Crippen molar-refractivity contribution in [3.8, 4) is 0 Å². The normalized spacial score (nSPS) is 17.7. The number of rotatable bonds is 6. The molecule has 0 amide bonds. The molecule has 27 heavy (non-hydrogen) atoms. The summed E-state index contributed by atoms with van der Waals surface area (Å²) < 4.78 is 32.3. The smallest absolute Gasteiger partial charge is 0.263 e. The van der Waals surface area contributed by atoms with Crippen LogP contribution >= 0.6 is 23.2 Å². The number of hydrogen-bond acceptors (Lipinski definition) is 5. The molecule has 3 rings (SSSR count). The highest BCUT2D eigenvalue weighted by atomic mass is 35.5. The zero-order valence-corrected chi connectivity index (χ0v) is 17.1. The van der Waals surface area contributed by atoms with Gasteiger partial charge in [0, 0.05) is 19.0 Å². The number of halogens is 2. The molecule has 1 saturated heterocycles. The van der Waals surface area contributed by atoms with Gasteiger partial charge < -0.3 is 4.42 Å². The van der Waals surface area contributed by atoms with Crippen LogP contribution in [0.5, 0.6) is 0 Å². The summed E-state index contributed by atoms with van der Waals surface area (Å²) in [5.74, 6) is -0.130. The second-order valence-corrected chi connectivity index (χ2v) is 9.29. The molecule has 1 atom stereocenters. The van der Waals surface area contributed by atoms with E-state index in [-0.39, 0.29) is 33.4 Å². The zero-order valence-electron chi connectivity index (χ0n) is 14.8. The fourth-order valence-corrected chi connectivity index (χ4v) is 5.40. The van der Waals surface area contributed by atoms with E-state index in [4.69, 9.17) is 27.6 Å². The highest BCUT2D eigenvalue weighted by Gasteiger charge is 2.36. The first-order valence-electron chi connectivity index (χ1n) is 8.73.